The highest BCUT2D eigenvalue weighted by Crippen LogP contribution is 2.26. The molecule has 136 valence electrons. The van der Waals surface area contributed by atoms with Gasteiger partial charge in [0.25, 0.3) is 5.91 Å². The molecule has 0 saturated heterocycles. The summed E-state index contributed by atoms with van der Waals surface area (Å²) in [4.78, 5) is 15.4. The molecule has 0 N–H and O–H groups in total. The average Bonchev–Trinajstić information content (AvgIpc) is 3.18. The van der Waals surface area contributed by atoms with Crippen LogP contribution in [-0.2, 0) is 20.1 Å². The lowest BCUT2D eigenvalue weighted by Gasteiger charge is -2.34. The smallest absolute Gasteiger partial charge is 0.257 e. The molecule has 2 aromatic rings. The molecule has 1 amide bonds. The Balaban J connectivity index is 1.85. The van der Waals surface area contributed by atoms with E-state index < -0.39 is 0 Å². The minimum absolute atomic E-state index is 0.107. The topological polar surface area (TPSA) is 56.0 Å². The maximum Gasteiger partial charge on any atom is 0.257 e. The summed E-state index contributed by atoms with van der Waals surface area (Å²) in [5.74, 6) is 0.107. The van der Waals surface area contributed by atoms with Crippen LogP contribution >= 0.6 is 0 Å². The SMILES string of the molecule is CCCn1cc(C(=O)N(Cc2cnn(C)c2)C2CCCCC2)c(C)n1. The fourth-order valence-electron chi connectivity index (χ4n) is 3.74. The molecule has 0 bridgehead atoms. The lowest BCUT2D eigenvalue weighted by molar-refractivity contribution is 0.0613. The third-order valence-corrected chi connectivity index (χ3v) is 5.02. The van der Waals surface area contributed by atoms with Crippen molar-refractivity contribution in [3.63, 3.8) is 0 Å². The molecule has 1 aliphatic rings. The van der Waals surface area contributed by atoms with E-state index in [1.165, 1.54) is 19.3 Å². The van der Waals surface area contributed by atoms with Crippen molar-refractivity contribution in [3.05, 3.63) is 35.4 Å². The predicted octanol–water partition coefficient (Wildman–Crippen LogP) is 3.31. The number of amides is 1. The molecule has 0 aromatic carbocycles. The molecule has 3 rings (SSSR count). The zero-order chi connectivity index (χ0) is 17.8. The Morgan fingerprint density at radius 3 is 2.68 bits per heavy atom. The third-order valence-electron chi connectivity index (χ3n) is 5.02. The van der Waals surface area contributed by atoms with Gasteiger partial charge in [-0.3, -0.25) is 14.2 Å². The van der Waals surface area contributed by atoms with Crippen molar-refractivity contribution in [2.24, 2.45) is 7.05 Å². The van der Waals surface area contributed by atoms with Crippen molar-refractivity contribution in [2.75, 3.05) is 0 Å². The van der Waals surface area contributed by atoms with Crippen LogP contribution in [0.15, 0.2) is 18.6 Å². The van der Waals surface area contributed by atoms with Gasteiger partial charge >= 0.3 is 0 Å². The normalized spacial score (nSPS) is 15.5. The highest BCUT2D eigenvalue weighted by molar-refractivity contribution is 5.95. The molecule has 0 spiro atoms. The highest BCUT2D eigenvalue weighted by Gasteiger charge is 2.28. The monoisotopic (exact) mass is 343 g/mol. The number of hydrogen-bond acceptors (Lipinski definition) is 3. The van der Waals surface area contributed by atoms with Crippen LogP contribution in [0.2, 0.25) is 0 Å². The van der Waals surface area contributed by atoms with Gasteiger partial charge in [-0.2, -0.15) is 10.2 Å². The van der Waals surface area contributed by atoms with Gasteiger partial charge in [-0.15, -0.1) is 0 Å². The fraction of sp³-hybridized carbons (Fsp3) is 0.632. The number of carbonyl (C=O) groups excluding carboxylic acids is 1. The molecule has 25 heavy (non-hydrogen) atoms. The fourth-order valence-corrected chi connectivity index (χ4v) is 3.74. The average molecular weight is 343 g/mol. The molecule has 1 saturated carbocycles. The summed E-state index contributed by atoms with van der Waals surface area (Å²) in [7, 11) is 1.91. The summed E-state index contributed by atoms with van der Waals surface area (Å²) in [5, 5.41) is 8.77. The lowest BCUT2D eigenvalue weighted by Crippen LogP contribution is -2.41. The van der Waals surface area contributed by atoms with Gasteiger partial charge in [0.1, 0.15) is 0 Å². The summed E-state index contributed by atoms with van der Waals surface area (Å²) in [6.07, 6.45) is 12.6. The van der Waals surface area contributed by atoms with Crippen LogP contribution < -0.4 is 0 Å². The Labute approximate surface area is 149 Å². The molecule has 2 heterocycles. The van der Waals surface area contributed by atoms with E-state index in [-0.39, 0.29) is 5.91 Å². The first kappa shape index (κ1) is 17.7. The van der Waals surface area contributed by atoms with Crippen LogP contribution in [0.1, 0.15) is 67.1 Å². The maximum absolute atomic E-state index is 13.3. The zero-order valence-electron chi connectivity index (χ0n) is 15.6. The second-order valence-corrected chi connectivity index (χ2v) is 7.14. The molecular weight excluding hydrogens is 314 g/mol. The Hall–Kier alpha value is -2.11. The van der Waals surface area contributed by atoms with Gasteiger partial charge in [0.2, 0.25) is 0 Å². The van der Waals surface area contributed by atoms with Gasteiger partial charge in [0.05, 0.1) is 17.5 Å². The first-order valence-corrected chi connectivity index (χ1v) is 9.41. The van der Waals surface area contributed by atoms with E-state index in [0.717, 1.165) is 42.6 Å². The minimum Gasteiger partial charge on any atom is -0.331 e. The molecule has 0 atom stereocenters. The summed E-state index contributed by atoms with van der Waals surface area (Å²) >= 11 is 0. The number of nitrogens with zero attached hydrogens (tertiary/aromatic N) is 5. The first-order chi connectivity index (χ1) is 12.1. The largest absolute Gasteiger partial charge is 0.331 e. The minimum atomic E-state index is 0.107. The van der Waals surface area contributed by atoms with Crippen LogP contribution in [0.4, 0.5) is 0 Å². The maximum atomic E-state index is 13.3. The second kappa shape index (κ2) is 7.85. The van der Waals surface area contributed by atoms with E-state index >= 15 is 0 Å². The summed E-state index contributed by atoms with van der Waals surface area (Å²) in [5.41, 5.74) is 2.65. The zero-order valence-corrected chi connectivity index (χ0v) is 15.6. The van der Waals surface area contributed by atoms with Crippen molar-refractivity contribution < 1.29 is 4.79 Å². The van der Waals surface area contributed by atoms with Gasteiger partial charge in [0.15, 0.2) is 0 Å². The Morgan fingerprint density at radius 1 is 1.28 bits per heavy atom. The van der Waals surface area contributed by atoms with Crippen LogP contribution in [0.25, 0.3) is 0 Å². The number of aromatic nitrogens is 4. The Morgan fingerprint density at radius 2 is 2.04 bits per heavy atom. The molecular formula is C19H29N5O. The quantitative estimate of drug-likeness (QED) is 0.808. The van der Waals surface area contributed by atoms with Gasteiger partial charge < -0.3 is 4.90 Å². The van der Waals surface area contributed by atoms with Crippen molar-refractivity contribution in [1.82, 2.24) is 24.5 Å². The molecule has 2 aromatic heterocycles. The van der Waals surface area contributed by atoms with Crippen LogP contribution in [0, 0.1) is 6.92 Å². The van der Waals surface area contributed by atoms with E-state index in [1.54, 1.807) is 4.68 Å². The van der Waals surface area contributed by atoms with Gasteiger partial charge in [0, 0.05) is 44.1 Å². The predicted molar refractivity (Wildman–Crippen MR) is 97.2 cm³/mol. The number of aryl methyl sites for hydroxylation is 3. The van der Waals surface area contributed by atoms with E-state index in [9.17, 15) is 4.79 Å². The van der Waals surface area contributed by atoms with Crippen LogP contribution in [-0.4, -0.2) is 36.4 Å². The molecule has 0 unspecified atom stereocenters. The molecule has 0 aliphatic heterocycles. The highest BCUT2D eigenvalue weighted by atomic mass is 16.2. The lowest BCUT2D eigenvalue weighted by atomic mass is 9.93. The van der Waals surface area contributed by atoms with E-state index in [1.807, 2.05) is 37.2 Å². The molecule has 6 heteroatoms. The molecule has 1 fully saturated rings. The summed E-state index contributed by atoms with van der Waals surface area (Å²) in [6, 6.07) is 0.315. The molecule has 1 aliphatic carbocycles. The Bertz CT molecular complexity index is 711. The number of rotatable bonds is 6. The van der Waals surface area contributed by atoms with Gasteiger partial charge in [-0.25, -0.2) is 0 Å². The van der Waals surface area contributed by atoms with Crippen molar-refractivity contribution >= 4 is 5.91 Å². The van der Waals surface area contributed by atoms with E-state index in [0.29, 0.717) is 12.6 Å². The van der Waals surface area contributed by atoms with E-state index in [4.69, 9.17) is 0 Å². The van der Waals surface area contributed by atoms with Crippen LogP contribution in [0.5, 0.6) is 0 Å². The van der Waals surface area contributed by atoms with Gasteiger partial charge in [-0.1, -0.05) is 26.2 Å². The standard InChI is InChI=1S/C19H29N5O/c1-4-10-23-14-18(15(2)21-23)19(25)24(17-8-6-5-7-9-17)13-16-11-20-22(3)12-16/h11-12,14,17H,4-10,13H2,1-3H3. The Kier molecular flexibility index (Phi) is 5.56. The summed E-state index contributed by atoms with van der Waals surface area (Å²) in [6.45, 7) is 5.52. The second-order valence-electron chi connectivity index (χ2n) is 7.14. The van der Waals surface area contributed by atoms with Gasteiger partial charge in [-0.05, 0) is 26.2 Å². The first-order valence-electron chi connectivity index (χ1n) is 9.41. The van der Waals surface area contributed by atoms with Crippen molar-refractivity contribution in [3.8, 4) is 0 Å². The van der Waals surface area contributed by atoms with Crippen LogP contribution in [0.3, 0.4) is 0 Å². The summed E-state index contributed by atoms with van der Waals surface area (Å²) < 4.78 is 3.69. The van der Waals surface area contributed by atoms with E-state index in [2.05, 4.69) is 22.0 Å². The number of hydrogen-bond donors (Lipinski definition) is 0. The third kappa shape index (κ3) is 4.11. The molecule has 6 nitrogen and oxygen atoms in total. The van der Waals surface area contributed by atoms with Crippen molar-refractivity contribution in [2.45, 2.75) is 71.5 Å². The van der Waals surface area contributed by atoms with Crippen molar-refractivity contribution in [1.29, 1.82) is 0 Å². The molecule has 0 radical (unpaired) electrons. The number of carbonyl (C=O) groups is 1.